The quantitative estimate of drug-likeness (QED) is 0.340. The number of carbonyl (C=O) groups excluding carboxylic acids is 1. The van der Waals surface area contributed by atoms with Gasteiger partial charge in [-0.1, -0.05) is 53.5 Å². The molecule has 3 aromatic rings. The molecule has 1 N–H and O–H groups in total. The van der Waals surface area contributed by atoms with E-state index >= 15 is 0 Å². The van der Waals surface area contributed by atoms with Crippen molar-refractivity contribution in [1.82, 2.24) is 5.32 Å². The van der Waals surface area contributed by atoms with Gasteiger partial charge in [-0.2, -0.15) is 0 Å². The first-order chi connectivity index (χ1) is 16.4. The van der Waals surface area contributed by atoms with E-state index in [1.165, 1.54) is 11.8 Å². The molecule has 5 nitrogen and oxygen atoms in total. The van der Waals surface area contributed by atoms with E-state index in [0.717, 1.165) is 16.7 Å². The lowest BCUT2D eigenvalue weighted by atomic mass is 10.2. The number of hydrogen-bond acceptors (Lipinski definition) is 5. The van der Waals surface area contributed by atoms with Crippen molar-refractivity contribution in [3.8, 4) is 11.5 Å². The van der Waals surface area contributed by atoms with Gasteiger partial charge < -0.3 is 14.8 Å². The van der Waals surface area contributed by atoms with Crippen molar-refractivity contribution >= 4 is 57.8 Å². The van der Waals surface area contributed by atoms with Gasteiger partial charge in [0.1, 0.15) is 6.61 Å². The first kappa shape index (κ1) is 24.2. The number of benzene rings is 3. The Hall–Kier alpha value is -2.93. The molecule has 3 aromatic carbocycles. The third-order valence-corrected chi connectivity index (χ3v) is 6.63. The number of aryl methyl sites for hydroxylation is 1. The summed E-state index contributed by atoms with van der Waals surface area (Å²) in [5.74, 6) is 0.986. The van der Waals surface area contributed by atoms with Crippen LogP contribution >= 0.6 is 35.0 Å². The van der Waals surface area contributed by atoms with Gasteiger partial charge in [-0.15, -0.1) is 0 Å². The second kappa shape index (κ2) is 11.0. The predicted molar refractivity (Wildman–Crippen MR) is 140 cm³/mol. The molecule has 0 aromatic heterocycles. The van der Waals surface area contributed by atoms with E-state index in [1.54, 1.807) is 12.1 Å². The maximum atomic E-state index is 12.5. The van der Waals surface area contributed by atoms with Gasteiger partial charge in [0, 0.05) is 15.6 Å². The fourth-order valence-corrected chi connectivity index (χ4v) is 4.38. The van der Waals surface area contributed by atoms with Crippen LogP contribution in [0, 0.1) is 6.92 Å². The fourth-order valence-electron chi connectivity index (χ4n) is 3.17. The Bertz CT molecular complexity index is 1290. The molecule has 1 fully saturated rings. The summed E-state index contributed by atoms with van der Waals surface area (Å²) in [5.41, 5.74) is 3.35. The lowest BCUT2D eigenvalue weighted by molar-refractivity contribution is -0.115. The molecule has 0 unspecified atom stereocenters. The molecule has 0 spiro atoms. The number of hydrogen-bond donors (Lipinski definition) is 1. The standard InChI is InChI=1S/C26H22Cl2N2O3S/c1-3-32-23-12-17(9-11-22(23)33-15-18-6-4-5-7-20(18)27)13-24-25(31)30-26(34-24)29-19-10-8-16(2)21(28)14-19/h4-14H,3,15H2,1-2H3,(H,29,30,31)/b24-13-. The molecule has 1 aliphatic heterocycles. The zero-order valence-corrected chi connectivity index (χ0v) is 20.9. The average Bonchev–Trinajstić information content (AvgIpc) is 3.15. The number of thioether (sulfide) groups is 1. The van der Waals surface area contributed by atoms with Crippen LogP contribution in [0.3, 0.4) is 0 Å². The van der Waals surface area contributed by atoms with E-state index in [2.05, 4.69) is 10.3 Å². The van der Waals surface area contributed by atoms with Gasteiger partial charge in [0.05, 0.1) is 17.2 Å². The number of nitrogens with one attached hydrogen (secondary N) is 1. The monoisotopic (exact) mass is 512 g/mol. The first-order valence-corrected chi connectivity index (χ1v) is 12.2. The summed E-state index contributed by atoms with van der Waals surface area (Å²) in [6.45, 7) is 4.63. The Labute approximate surface area is 212 Å². The zero-order chi connectivity index (χ0) is 24.1. The summed E-state index contributed by atoms with van der Waals surface area (Å²) in [6, 6.07) is 18.6. The highest BCUT2D eigenvalue weighted by Crippen LogP contribution is 2.33. The smallest absolute Gasteiger partial charge is 0.264 e. The molecule has 0 radical (unpaired) electrons. The highest BCUT2D eigenvalue weighted by molar-refractivity contribution is 8.18. The summed E-state index contributed by atoms with van der Waals surface area (Å²) in [7, 11) is 0. The van der Waals surface area contributed by atoms with Gasteiger partial charge in [-0.05, 0) is 73.1 Å². The normalized spacial score (nSPS) is 15.6. The van der Waals surface area contributed by atoms with Gasteiger partial charge in [0.15, 0.2) is 16.7 Å². The van der Waals surface area contributed by atoms with Crippen molar-refractivity contribution in [2.75, 3.05) is 6.61 Å². The summed E-state index contributed by atoms with van der Waals surface area (Å²) >= 11 is 13.7. The average molecular weight is 513 g/mol. The van der Waals surface area contributed by atoms with Crippen molar-refractivity contribution in [2.24, 2.45) is 4.99 Å². The van der Waals surface area contributed by atoms with Crippen molar-refractivity contribution in [2.45, 2.75) is 20.5 Å². The Morgan fingerprint density at radius 2 is 1.82 bits per heavy atom. The van der Waals surface area contributed by atoms with E-state index in [1.807, 2.05) is 68.4 Å². The van der Waals surface area contributed by atoms with Gasteiger partial charge in [0.25, 0.3) is 5.91 Å². The third-order valence-electron chi connectivity index (χ3n) is 4.94. The fraction of sp³-hybridized carbons (Fsp3) is 0.154. The minimum absolute atomic E-state index is 0.209. The molecule has 1 amide bonds. The lowest BCUT2D eigenvalue weighted by Crippen LogP contribution is -2.19. The molecule has 1 saturated heterocycles. The van der Waals surface area contributed by atoms with Gasteiger partial charge >= 0.3 is 0 Å². The number of ether oxygens (including phenoxy) is 2. The largest absolute Gasteiger partial charge is 0.490 e. The molecule has 0 bridgehead atoms. The number of rotatable bonds is 7. The second-order valence-corrected chi connectivity index (χ2v) is 9.28. The van der Waals surface area contributed by atoms with Crippen LogP contribution in [0.25, 0.3) is 6.08 Å². The lowest BCUT2D eigenvalue weighted by Gasteiger charge is -2.13. The zero-order valence-electron chi connectivity index (χ0n) is 18.6. The topological polar surface area (TPSA) is 59.9 Å². The minimum Gasteiger partial charge on any atom is -0.490 e. The first-order valence-electron chi connectivity index (χ1n) is 10.6. The minimum atomic E-state index is -0.209. The molecule has 0 aliphatic carbocycles. The number of nitrogens with zero attached hydrogens (tertiary/aromatic N) is 1. The highest BCUT2D eigenvalue weighted by atomic mass is 35.5. The van der Waals surface area contributed by atoms with Crippen molar-refractivity contribution in [3.05, 3.63) is 92.3 Å². The maximum Gasteiger partial charge on any atom is 0.264 e. The SMILES string of the molecule is CCOc1cc(/C=C2\SC(=Nc3ccc(C)c(Cl)c3)NC2=O)ccc1OCc1ccccc1Cl. The number of amides is 1. The number of carbonyl (C=O) groups is 1. The van der Waals surface area contributed by atoms with Crippen LogP contribution < -0.4 is 14.8 Å². The second-order valence-electron chi connectivity index (χ2n) is 7.43. The van der Waals surface area contributed by atoms with Crippen LogP contribution in [-0.2, 0) is 11.4 Å². The van der Waals surface area contributed by atoms with E-state index in [-0.39, 0.29) is 5.91 Å². The number of halogens is 2. The van der Waals surface area contributed by atoms with Crippen LogP contribution in [-0.4, -0.2) is 17.7 Å². The van der Waals surface area contributed by atoms with Crippen LogP contribution in [0.4, 0.5) is 5.69 Å². The van der Waals surface area contributed by atoms with Crippen LogP contribution in [0.1, 0.15) is 23.6 Å². The number of aliphatic imine (C=N–C) groups is 1. The Morgan fingerprint density at radius 1 is 1.00 bits per heavy atom. The van der Waals surface area contributed by atoms with Gasteiger partial charge in [-0.25, -0.2) is 4.99 Å². The molecule has 8 heteroatoms. The highest BCUT2D eigenvalue weighted by Gasteiger charge is 2.24. The molecule has 4 rings (SSSR count). The predicted octanol–water partition coefficient (Wildman–Crippen LogP) is 7.17. The van der Waals surface area contributed by atoms with Gasteiger partial charge in [0.2, 0.25) is 0 Å². The van der Waals surface area contributed by atoms with E-state index < -0.39 is 0 Å². The van der Waals surface area contributed by atoms with Crippen LogP contribution in [0.2, 0.25) is 10.0 Å². The third kappa shape index (κ3) is 5.95. The summed E-state index contributed by atoms with van der Waals surface area (Å²) < 4.78 is 11.7. The van der Waals surface area contributed by atoms with Crippen LogP contribution in [0.5, 0.6) is 11.5 Å². The Kier molecular flexibility index (Phi) is 7.83. The van der Waals surface area contributed by atoms with Gasteiger partial charge in [-0.3, -0.25) is 4.79 Å². The van der Waals surface area contributed by atoms with Crippen molar-refractivity contribution in [1.29, 1.82) is 0 Å². The van der Waals surface area contributed by atoms with E-state index in [4.69, 9.17) is 32.7 Å². The molecule has 0 atom stereocenters. The Morgan fingerprint density at radius 3 is 2.59 bits per heavy atom. The molecule has 0 saturated carbocycles. The molecular weight excluding hydrogens is 491 g/mol. The molecule has 174 valence electrons. The van der Waals surface area contributed by atoms with E-state index in [0.29, 0.717) is 50.5 Å². The van der Waals surface area contributed by atoms with Crippen LogP contribution in [0.15, 0.2) is 70.6 Å². The molecular formula is C26H22Cl2N2O3S. The number of amidine groups is 1. The Balaban J connectivity index is 1.52. The summed E-state index contributed by atoms with van der Waals surface area (Å²) in [6.07, 6.45) is 1.80. The molecule has 34 heavy (non-hydrogen) atoms. The summed E-state index contributed by atoms with van der Waals surface area (Å²) in [4.78, 5) is 17.5. The van der Waals surface area contributed by atoms with Crippen molar-refractivity contribution in [3.63, 3.8) is 0 Å². The summed E-state index contributed by atoms with van der Waals surface area (Å²) in [5, 5.41) is 4.58. The van der Waals surface area contributed by atoms with E-state index in [9.17, 15) is 4.79 Å². The van der Waals surface area contributed by atoms with Crippen molar-refractivity contribution < 1.29 is 14.3 Å². The molecule has 1 heterocycles. The maximum absolute atomic E-state index is 12.5. The molecule has 1 aliphatic rings.